The predicted octanol–water partition coefficient (Wildman–Crippen LogP) is 3.06. The van der Waals surface area contributed by atoms with Gasteiger partial charge in [-0.15, -0.1) is 0 Å². The summed E-state index contributed by atoms with van der Waals surface area (Å²) in [5, 5.41) is 3.75. The van der Waals surface area contributed by atoms with Gasteiger partial charge in [0, 0.05) is 47.6 Å². The number of aromatic nitrogens is 1. The Morgan fingerprint density at radius 2 is 2.04 bits per heavy atom. The third-order valence-corrected chi connectivity index (χ3v) is 4.28. The van der Waals surface area contributed by atoms with Gasteiger partial charge in [-0.3, -0.25) is 14.6 Å². The second-order valence-corrected chi connectivity index (χ2v) is 6.48. The molecule has 2 aromatic rings. The summed E-state index contributed by atoms with van der Waals surface area (Å²) < 4.78 is 0. The Hall–Kier alpha value is -2.11. The van der Waals surface area contributed by atoms with Crippen molar-refractivity contribution >= 4 is 40.7 Å². The quantitative estimate of drug-likeness (QED) is 0.907. The number of rotatable bonds is 4. The molecule has 7 heteroatoms. The van der Waals surface area contributed by atoms with Gasteiger partial charge < -0.3 is 10.2 Å². The molecule has 2 amide bonds. The molecule has 0 aliphatic carbocycles. The number of benzene rings is 1. The van der Waals surface area contributed by atoms with Crippen LogP contribution in [0.25, 0.3) is 0 Å². The molecule has 1 atom stereocenters. The fraction of sp³-hybridized carbons (Fsp3) is 0.235. The van der Waals surface area contributed by atoms with E-state index in [2.05, 4.69) is 10.3 Å². The summed E-state index contributed by atoms with van der Waals surface area (Å²) in [5.74, 6) is -0.662. The number of carbonyl (C=O) groups is 2. The fourth-order valence-corrected chi connectivity index (χ4v) is 3.18. The molecular formula is C17H15Cl2N3O2. The maximum atomic E-state index is 12.3. The minimum absolute atomic E-state index is 0.116. The topological polar surface area (TPSA) is 62.3 Å². The first kappa shape index (κ1) is 16.7. The average molecular weight is 364 g/mol. The van der Waals surface area contributed by atoms with Gasteiger partial charge >= 0.3 is 0 Å². The molecule has 2 heterocycles. The van der Waals surface area contributed by atoms with E-state index in [4.69, 9.17) is 23.2 Å². The Balaban J connectivity index is 1.64. The number of nitrogens with zero attached hydrogens (tertiary/aromatic N) is 2. The number of anilines is 1. The van der Waals surface area contributed by atoms with E-state index in [1.807, 2.05) is 12.1 Å². The average Bonchev–Trinajstić information content (AvgIpc) is 2.95. The van der Waals surface area contributed by atoms with Crippen LogP contribution in [0, 0.1) is 5.92 Å². The standard InChI is InChI=1S/C17H15Cl2N3O2/c18-13-5-14(19)7-15(6-13)22-10-12(4-16(22)23)17(24)21-9-11-2-1-3-20-8-11/h1-3,5-8,12H,4,9-10H2,(H,21,24). The van der Waals surface area contributed by atoms with Crippen LogP contribution in [-0.2, 0) is 16.1 Å². The molecule has 1 aliphatic rings. The van der Waals surface area contributed by atoms with Gasteiger partial charge in [0.1, 0.15) is 0 Å². The van der Waals surface area contributed by atoms with Crippen LogP contribution in [0.4, 0.5) is 5.69 Å². The van der Waals surface area contributed by atoms with Crippen LogP contribution in [0.2, 0.25) is 10.0 Å². The van der Waals surface area contributed by atoms with E-state index in [1.54, 1.807) is 35.5 Å². The maximum Gasteiger partial charge on any atom is 0.227 e. The highest BCUT2D eigenvalue weighted by molar-refractivity contribution is 6.35. The van der Waals surface area contributed by atoms with E-state index >= 15 is 0 Å². The molecule has 24 heavy (non-hydrogen) atoms. The zero-order valence-electron chi connectivity index (χ0n) is 12.7. The molecular weight excluding hydrogens is 349 g/mol. The highest BCUT2D eigenvalue weighted by Crippen LogP contribution is 2.30. The van der Waals surface area contributed by atoms with Gasteiger partial charge in [0.25, 0.3) is 0 Å². The van der Waals surface area contributed by atoms with E-state index < -0.39 is 5.92 Å². The number of pyridine rings is 1. The Labute approximate surface area is 149 Å². The summed E-state index contributed by atoms with van der Waals surface area (Å²) in [7, 11) is 0. The molecule has 0 saturated carbocycles. The van der Waals surface area contributed by atoms with Crippen molar-refractivity contribution < 1.29 is 9.59 Å². The molecule has 1 N–H and O–H groups in total. The highest BCUT2D eigenvalue weighted by atomic mass is 35.5. The third-order valence-electron chi connectivity index (χ3n) is 3.84. The van der Waals surface area contributed by atoms with Crippen molar-refractivity contribution in [3.63, 3.8) is 0 Å². The molecule has 0 spiro atoms. The van der Waals surface area contributed by atoms with E-state index in [0.717, 1.165) is 5.56 Å². The number of amides is 2. The first-order chi connectivity index (χ1) is 11.5. The van der Waals surface area contributed by atoms with Gasteiger partial charge in [0.15, 0.2) is 0 Å². The Morgan fingerprint density at radius 1 is 1.29 bits per heavy atom. The lowest BCUT2D eigenvalue weighted by atomic mass is 10.1. The normalized spacial score (nSPS) is 17.2. The largest absolute Gasteiger partial charge is 0.352 e. The van der Waals surface area contributed by atoms with Crippen LogP contribution in [-0.4, -0.2) is 23.3 Å². The Kier molecular flexibility index (Phi) is 5.02. The van der Waals surface area contributed by atoms with Gasteiger partial charge in [0.05, 0.1) is 5.92 Å². The smallest absolute Gasteiger partial charge is 0.227 e. The molecule has 1 aliphatic heterocycles. The van der Waals surface area contributed by atoms with Gasteiger partial charge in [-0.25, -0.2) is 0 Å². The highest BCUT2D eigenvalue weighted by Gasteiger charge is 2.35. The summed E-state index contributed by atoms with van der Waals surface area (Å²) in [6.45, 7) is 0.703. The molecule has 0 radical (unpaired) electrons. The Bertz CT molecular complexity index is 747. The van der Waals surface area contributed by atoms with Crippen LogP contribution in [0.1, 0.15) is 12.0 Å². The van der Waals surface area contributed by atoms with Crippen LogP contribution in [0.15, 0.2) is 42.7 Å². The molecule has 124 valence electrons. The van der Waals surface area contributed by atoms with E-state index in [9.17, 15) is 9.59 Å². The number of carbonyl (C=O) groups excluding carboxylic acids is 2. The van der Waals surface area contributed by atoms with E-state index in [0.29, 0.717) is 28.8 Å². The van der Waals surface area contributed by atoms with E-state index in [-0.39, 0.29) is 18.2 Å². The Morgan fingerprint density at radius 3 is 2.71 bits per heavy atom. The van der Waals surface area contributed by atoms with Crippen LogP contribution in [0.3, 0.4) is 0 Å². The zero-order chi connectivity index (χ0) is 17.1. The predicted molar refractivity (Wildman–Crippen MR) is 93.0 cm³/mol. The lowest BCUT2D eigenvalue weighted by Gasteiger charge is -2.17. The monoisotopic (exact) mass is 363 g/mol. The molecule has 5 nitrogen and oxygen atoms in total. The second kappa shape index (κ2) is 7.20. The van der Waals surface area contributed by atoms with Crippen LogP contribution in [0.5, 0.6) is 0 Å². The van der Waals surface area contributed by atoms with Crippen molar-refractivity contribution in [2.45, 2.75) is 13.0 Å². The van der Waals surface area contributed by atoms with Crippen molar-refractivity contribution in [2.75, 3.05) is 11.4 Å². The van der Waals surface area contributed by atoms with Gasteiger partial charge in [0.2, 0.25) is 11.8 Å². The summed E-state index contributed by atoms with van der Waals surface area (Å²) >= 11 is 12.0. The van der Waals surface area contributed by atoms with Crippen molar-refractivity contribution in [2.24, 2.45) is 5.92 Å². The molecule has 0 bridgehead atoms. The van der Waals surface area contributed by atoms with Crippen LogP contribution >= 0.6 is 23.2 Å². The molecule has 1 aromatic heterocycles. The molecule has 1 aromatic carbocycles. The van der Waals surface area contributed by atoms with Crippen LogP contribution < -0.4 is 10.2 Å². The van der Waals surface area contributed by atoms with Crippen molar-refractivity contribution in [1.82, 2.24) is 10.3 Å². The number of hydrogen-bond acceptors (Lipinski definition) is 3. The first-order valence-corrected chi connectivity index (χ1v) is 8.21. The molecule has 1 saturated heterocycles. The van der Waals surface area contributed by atoms with Crippen molar-refractivity contribution in [1.29, 1.82) is 0 Å². The first-order valence-electron chi connectivity index (χ1n) is 7.46. The van der Waals surface area contributed by atoms with Crippen molar-refractivity contribution in [3.05, 3.63) is 58.3 Å². The molecule has 1 fully saturated rings. The summed E-state index contributed by atoms with van der Waals surface area (Å²) in [5.41, 5.74) is 1.52. The third kappa shape index (κ3) is 3.86. The SMILES string of the molecule is O=C(NCc1cccnc1)C1CC(=O)N(c2cc(Cl)cc(Cl)c2)C1. The number of hydrogen-bond donors (Lipinski definition) is 1. The molecule has 1 unspecified atom stereocenters. The number of halogens is 2. The lowest BCUT2D eigenvalue weighted by Crippen LogP contribution is -2.32. The molecule has 3 rings (SSSR count). The minimum Gasteiger partial charge on any atom is -0.352 e. The summed E-state index contributed by atoms with van der Waals surface area (Å²) in [4.78, 5) is 30.1. The van der Waals surface area contributed by atoms with Gasteiger partial charge in [-0.05, 0) is 29.8 Å². The zero-order valence-corrected chi connectivity index (χ0v) is 14.2. The number of nitrogens with one attached hydrogen (secondary N) is 1. The van der Waals surface area contributed by atoms with Gasteiger partial charge in [-0.2, -0.15) is 0 Å². The lowest BCUT2D eigenvalue weighted by molar-refractivity contribution is -0.126. The fourth-order valence-electron chi connectivity index (χ4n) is 2.66. The summed E-state index contributed by atoms with van der Waals surface area (Å²) in [6, 6.07) is 8.63. The van der Waals surface area contributed by atoms with Crippen molar-refractivity contribution in [3.8, 4) is 0 Å². The van der Waals surface area contributed by atoms with E-state index in [1.165, 1.54) is 0 Å². The van der Waals surface area contributed by atoms with Gasteiger partial charge in [-0.1, -0.05) is 29.3 Å². The maximum absolute atomic E-state index is 12.3. The minimum atomic E-state index is -0.396. The second-order valence-electron chi connectivity index (χ2n) is 5.61. The summed E-state index contributed by atoms with van der Waals surface area (Å²) in [6.07, 6.45) is 3.54.